The Morgan fingerprint density at radius 2 is 1.14 bits per heavy atom. The van der Waals surface area contributed by atoms with E-state index in [9.17, 15) is 0 Å². The topological polar surface area (TPSA) is 55.4 Å². The van der Waals surface area contributed by atoms with Crippen LogP contribution in [0.2, 0.25) is 0 Å². The minimum atomic E-state index is -1.63. The van der Waals surface area contributed by atoms with Crippen molar-refractivity contribution >= 4 is 0 Å². The van der Waals surface area contributed by atoms with Crippen molar-refractivity contribution in [2.24, 2.45) is 17.3 Å². The first-order valence-corrected chi connectivity index (χ1v) is 15.3. The van der Waals surface area contributed by atoms with Gasteiger partial charge in [-0.3, -0.25) is 0 Å². The van der Waals surface area contributed by atoms with Crippen molar-refractivity contribution in [3.63, 3.8) is 0 Å². The summed E-state index contributed by atoms with van der Waals surface area (Å²) in [6.07, 6.45) is 10.9. The third-order valence-electron chi connectivity index (χ3n) is 5.99. The van der Waals surface area contributed by atoms with Crippen LogP contribution in [-0.2, 0) is 28.7 Å². The molecule has 0 heterocycles. The van der Waals surface area contributed by atoms with E-state index >= 15 is 0 Å². The van der Waals surface area contributed by atoms with E-state index in [4.69, 9.17) is 28.7 Å². The summed E-state index contributed by atoms with van der Waals surface area (Å²) in [4.78, 5) is 12.1. The number of unbranched alkanes of at least 4 members (excludes halogenated alkanes) is 6. The summed E-state index contributed by atoms with van der Waals surface area (Å²) in [5.41, 5.74) is -0.119. The standard InChI is InChI=1S/C31H64O6/c1-11-14-17-19-23-36-37-31(34-24-20-27(4)5,35-26-29(8,9)10)30(25-28(6)7,32-21-16-13-3)33-22-18-15-12-2/h27-28H,11-26H2,1-10H3. The number of rotatable bonds is 25. The monoisotopic (exact) mass is 532 g/mol. The smallest absolute Gasteiger partial charge is 0.343 e. The molecule has 6 nitrogen and oxygen atoms in total. The molecule has 2 atom stereocenters. The SMILES string of the molecule is CCCCCCOOC(OCCC(C)C)(OCC(C)(C)C)C(CC(C)C)(OCCCC)OCCCCC. The average molecular weight is 533 g/mol. The van der Waals surface area contributed by atoms with Crippen molar-refractivity contribution in [1.82, 2.24) is 0 Å². The molecule has 0 rings (SSSR count). The van der Waals surface area contributed by atoms with Gasteiger partial charge in [0.25, 0.3) is 5.79 Å². The second-order valence-electron chi connectivity index (χ2n) is 12.5. The van der Waals surface area contributed by atoms with Crippen LogP contribution >= 0.6 is 0 Å². The molecule has 0 aromatic heterocycles. The van der Waals surface area contributed by atoms with Gasteiger partial charge < -0.3 is 18.9 Å². The second-order valence-corrected chi connectivity index (χ2v) is 12.5. The second kappa shape index (κ2) is 20.6. The molecule has 0 bridgehead atoms. The summed E-state index contributed by atoms with van der Waals surface area (Å²) in [7, 11) is 0. The van der Waals surface area contributed by atoms with Crippen molar-refractivity contribution < 1.29 is 28.7 Å². The highest BCUT2D eigenvalue weighted by Crippen LogP contribution is 2.41. The fourth-order valence-corrected chi connectivity index (χ4v) is 3.79. The molecule has 224 valence electrons. The summed E-state index contributed by atoms with van der Waals surface area (Å²) in [6.45, 7) is 24.1. The maximum Gasteiger partial charge on any atom is 0.367 e. The Labute approximate surface area is 230 Å². The molecule has 0 aromatic rings. The normalized spacial score (nSPS) is 15.9. The van der Waals surface area contributed by atoms with E-state index in [2.05, 4.69) is 69.2 Å². The van der Waals surface area contributed by atoms with Gasteiger partial charge in [-0.2, -0.15) is 4.89 Å². The molecule has 0 spiro atoms. The van der Waals surface area contributed by atoms with E-state index in [1.807, 2.05) is 0 Å². The minimum Gasteiger partial charge on any atom is -0.343 e. The predicted octanol–water partition coefficient (Wildman–Crippen LogP) is 9.06. The molecule has 0 aromatic carbocycles. The molecule has 2 unspecified atom stereocenters. The zero-order valence-electron chi connectivity index (χ0n) is 26.4. The van der Waals surface area contributed by atoms with Crippen LogP contribution in [0.3, 0.4) is 0 Å². The Hall–Kier alpha value is -0.240. The van der Waals surface area contributed by atoms with Gasteiger partial charge in [0.2, 0.25) is 0 Å². The highest BCUT2D eigenvalue weighted by molar-refractivity contribution is 4.85. The van der Waals surface area contributed by atoms with Crippen molar-refractivity contribution in [2.45, 2.75) is 152 Å². The van der Waals surface area contributed by atoms with Crippen molar-refractivity contribution in [3.05, 3.63) is 0 Å². The largest absolute Gasteiger partial charge is 0.367 e. The van der Waals surface area contributed by atoms with Crippen LogP contribution < -0.4 is 0 Å². The Morgan fingerprint density at radius 1 is 0.568 bits per heavy atom. The van der Waals surface area contributed by atoms with Crippen molar-refractivity contribution in [1.29, 1.82) is 0 Å². The molecule has 0 aliphatic heterocycles. The Kier molecular flexibility index (Phi) is 20.5. The summed E-state index contributed by atoms with van der Waals surface area (Å²) in [6, 6.07) is 0. The fraction of sp³-hybridized carbons (Fsp3) is 1.00. The Balaban J connectivity index is 6.40. The first-order chi connectivity index (χ1) is 17.5. The molecule has 37 heavy (non-hydrogen) atoms. The number of hydrogen-bond donors (Lipinski definition) is 0. The van der Waals surface area contributed by atoms with Gasteiger partial charge in [0, 0.05) is 6.42 Å². The average Bonchev–Trinajstić information content (AvgIpc) is 2.81. The molecule has 0 N–H and O–H groups in total. The Morgan fingerprint density at radius 3 is 1.68 bits per heavy atom. The van der Waals surface area contributed by atoms with E-state index in [1.165, 1.54) is 12.8 Å². The molecule has 6 heteroatoms. The Bertz CT molecular complexity index is 518. The maximum absolute atomic E-state index is 6.70. The molecule has 0 radical (unpaired) electrons. The van der Waals surface area contributed by atoms with Gasteiger partial charge in [0.05, 0.1) is 33.0 Å². The van der Waals surface area contributed by atoms with Crippen molar-refractivity contribution in [2.75, 3.05) is 33.0 Å². The van der Waals surface area contributed by atoms with Crippen molar-refractivity contribution in [3.8, 4) is 0 Å². The van der Waals surface area contributed by atoms with E-state index in [-0.39, 0.29) is 11.3 Å². The zero-order chi connectivity index (χ0) is 28.2. The van der Waals surface area contributed by atoms with Crippen LogP contribution in [0.4, 0.5) is 0 Å². The number of hydrogen-bond acceptors (Lipinski definition) is 6. The summed E-state index contributed by atoms with van der Waals surface area (Å²) in [5.74, 6) is -2.16. The van der Waals surface area contributed by atoms with E-state index in [0.717, 1.165) is 51.4 Å². The maximum atomic E-state index is 6.70. The quantitative estimate of drug-likeness (QED) is 0.0506. The van der Waals surface area contributed by atoms with Gasteiger partial charge >= 0.3 is 5.97 Å². The third-order valence-corrected chi connectivity index (χ3v) is 5.99. The number of ether oxygens (including phenoxy) is 4. The first kappa shape index (κ1) is 36.8. The molecule has 0 aliphatic carbocycles. The lowest BCUT2D eigenvalue weighted by atomic mass is 9.97. The van der Waals surface area contributed by atoms with Crippen LogP contribution in [0, 0.1) is 17.3 Å². The van der Waals surface area contributed by atoms with Crippen LogP contribution in [0.1, 0.15) is 140 Å². The van der Waals surface area contributed by atoms with Gasteiger partial charge in [-0.25, -0.2) is 4.89 Å². The first-order valence-electron chi connectivity index (χ1n) is 15.3. The van der Waals surface area contributed by atoms with Crippen LogP contribution in [0.5, 0.6) is 0 Å². The molecule has 0 saturated heterocycles. The minimum absolute atomic E-state index is 0.119. The van der Waals surface area contributed by atoms with Crippen LogP contribution in [0.25, 0.3) is 0 Å². The summed E-state index contributed by atoms with van der Waals surface area (Å²) < 4.78 is 26.6. The lowest BCUT2D eigenvalue weighted by Crippen LogP contribution is -2.64. The van der Waals surface area contributed by atoms with Gasteiger partial charge in [0.15, 0.2) is 0 Å². The van der Waals surface area contributed by atoms with E-state index in [0.29, 0.717) is 45.4 Å². The van der Waals surface area contributed by atoms with Gasteiger partial charge in [0.1, 0.15) is 0 Å². The molecule has 0 fully saturated rings. The summed E-state index contributed by atoms with van der Waals surface area (Å²) >= 11 is 0. The predicted molar refractivity (Wildman–Crippen MR) is 153 cm³/mol. The van der Waals surface area contributed by atoms with Gasteiger partial charge in [-0.1, -0.05) is 108 Å². The lowest BCUT2D eigenvalue weighted by Gasteiger charge is -2.47. The van der Waals surface area contributed by atoms with E-state index < -0.39 is 11.8 Å². The molecule has 0 saturated carbocycles. The fourth-order valence-electron chi connectivity index (χ4n) is 3.79. The van der Waals surface area contributed by atoms with E-state index in [1.54, 1.807) is 0 Å². The van der Waals surface area contributed by atoms with Gasteiger partial charge in [-0.05, 0) is 42.9 Å². The van der Waals surface area contributed by atoms with Gasteiger partial charge in [-0.15, -0.1) is 0 Å². The zero-order valence-corrected chi connectivity index (χ0v) is 26.4. The molecular formula is C31H64O6. The van der Waals surface area contributed by atoms with Crippen LogP contribution in [-0.4, -0.2) is 44.8 Å². The van der Waals surface area contributed by atoms with Crippen LogP contribution in [0.15, 0.2) is 0 Å². The third kappa shape index (κ3) is 16.5. The lowest BCUT2D eigenvalue weighted by molar-refractivity contribution is -0.579. The highest BCUT2D eigenvalue weighted by atomic mass is 17.3. The highest BCUT2D eigenvalue weighted by Gasteiger charge is 2.60. The molecular weight excluding hydrogens is 468 g/mol. The molecule has 0 amide bonds. The molecule has 0 aliphatic rings. The summed E-state index contributed by atoms with van der Waals surface area (Å²) in [5, 5.41) is 0.